The molecule has 2 rings (SSSR count). The van der Waals surface area contributed by atoms with E-state index in [0.29, 0.717) is 0 Å². The Kier molecular flexibility index (Phi) is 4.75. The molecule has 0 atom stereocenters. The molecule has 0 radical (unpaired) electrons. The monoisotopic (exact) mass is 309 g/mol. The van der Waals surface area contributed by atoms with E-state index in [4.69, 9.17) is 4.98 Å². The van der Waals surface area contributed by atoms with Crippen LogP contribution in [0.2, 0.25) is 0 Å². The molecule has 0 aliphatic heterocycles. The van der Waals surface area contributed by atoms with Crippen LogP contribution in [-0.4, -0.2) is 4.98 Å². The van der Waals surface area contributed by atoms with Crippen molar-refractivity contribution in [3.63, 3.8) is 0 Å². The second kappa shape index (κ2) is 6.31. The van der Waals surface area contributed by atoms with E-state index in [1.165, 1.54) is 21.1 Å². The van der Waals surface area contributed by atoms with Crippen molar-refractivity contribution in [1.82, 2.24) is 4.98 Å². The van der Waals surface area contributed by atoms with Crippen molar-refractivity contribution in [3.8, 4) is 0 Å². The van der Waals surface area contributed by atoms with Gasteiger partial charge in [0.1, 0.15) is 0 Å². The summed E-state index contributed by atoms with van der Waals surface area (Å²) in [4.78, 5) is 6.14. The second-order valence-electron chi connectivity index (χ2n) is 4.02. The molecule has 1 nitrogen and oxygen atoms in total. The Labute approximate surface area is 115 Å². The summed E-state index contributed by atoms with van der Waals surface area (Å²) >= 11 is 5.38. The minimum atomic E-state index is 0.925. The number of halogens is 1. The van der Waals surface area contributed by atoms with Crippen LogP contribution in [0.15, 0.2) is 30.3 Å². The van der Waals surface area contributed by atoms with E-state index in [1.54, 1.807) is 0 Å². The lowest BCUT2D eigenvalue weighted by molar-refractivity contribution is 0.875. The van der Waals surface area contributed by atoms with Crippen LogP contribution in [0.25, 0.3) is 0 Å². The first-order valence-corrected chi connectivity index (χ1v) is 7.84. The molecule has 0 fully saturated rings. The number of hydrogen-bond acceptors (Lipinski definition) is 2. The van der Waals surface area contributed by atoms with E-state index in [9.17, 15) is 0 Å². The fraction of sp³-hybridized carbons (Fsp3) is 0.357. The van der Waals surface area contributed by atoms with Crippen LogP contribution in [0.1, 0.15) is 34.5 Å². The summed E-state index contributed by atoms with van der Waals surface area (Å²) in [6, 6.07) is 10.5. The Morgan fingerprint density at radius 2 is 2.00 bits per heavy atom. The standard InChI is InChI=1S/C14H16BrNS/c1-2-6-12-13(10-15)17-14(16-12)9-11-7-4-3-5-8-11/h3-5,7-8H,2,6,9-10H2,1H3. The van der Waals surface area contributed by atoms with Gasteiger partial charge in [0.2, 0.25) is 0 Å². The van der Waals surface area contributed by atoms with E-state index < -0.39 is 0 Å². The van der Waals surface area contributed by atoms with E-state index >= 15 is 0 Å². The van der Waals surface area contributed by atoms with Gasteiger partial charge in [-0.05, 0) is 12.0 Å². The van der Waals surface area contributed by atoms with Crippen molar-refractivity contribution in [2.24, 2.45) is 0 Å². The average Bonchev–Trinajstić information content (AvgIpc) is 2.73. The van der Waals surface area contributed by atoms with Gasteiger partial charge in [0, 0.05) is 16.6 Å². The van der Waals surface area contributed by atoms with Crippen molar-refractivity contribution >= 4 is 27.3 Å². The molecule has 0 saturated heterocycles. The van der Waals surface area contributed by atoms with Crippen LogP contribution in [0, 0.1) is 0 Å². The summed E-state index contributed by atoms with van der Waals surface area (Å²) in [6.45, 7) is 2.20. The molecule has 2 aromatic rings. The number of hydrogen-bond donors (Lipinski definition) is 0. The minimum Gasteiger partial charge on any atom is -0.246 e. The Balaban J connectivity index is 2.16. The lowest BCUT2D eigenvalue weighted by Gasteiger charge is -1.96. The highest BCUT2D eigenvalue weighted by Crippen LogP contribution is 2.24. The third-order valence-corrected chi connectivity index (χ3v) is 4.66. The van der Waals surface area contributed by atoms with Gasteiger partial charge in [-0.3, -0.25) is 0 Å². The highest BCUT2D eigenvalue weighted by molar-refractivity contribution is 9.08. The maximum atomic E-state index is 4.75. The van der Waals surface area contributed by atoms with Crippen molar-refractivity contribution in [3.05, 3.63) is 51.5 Å². The van der Waals surface area contributed by atoms with Crippen molar-refractivity contribution in [2.45, 2.75) is 31.5 Å². The number of alkyl halides is 1. The quantitative estimate of drug-likeness (QED) is 0.737. The normalized spacial score (nSPS) is 10.7. The first-order valence-electron chi connectivity index (χ1n) is 5.90. The van der Waals surface area contributed by atoms with Gasteiger partial charge in [-0.1, -0.05) is 59.6 Å². The first kappa shape index (κ1) is 12.8. The zero-order chi connectivity index (χ0) is 12.1. The molecule has 0 spiro atoms. The SMILES string of the molecule is CCCc1nc(Cc2ccccc2)sc1CBr. The summed E-state index contributed by atoms with van der Waals surface area (Å²) < 4.78 is 0. The molecule has 1 aromatic carbocycles. The number of benzene rings is 1. The zero-order valence-electron chi connectivity index (χ0n) is 9.95. The number of thiazole rings is 1. The van der Waals surface area contributed by atoms with E-state index in [1.807, 2.05) is 11.3 Å². The molecule has 0 aliphatic carbocycles. The molecule has 1 heterocycles. The van der Waals surface area contributed by atoms with E-state index in [2.05, 4.69) is 53.2 Å². The van der Waals surface area contributed by atoms with Crippen LogP contribution in [0.3, 0.4) is 0 Å². The summed E-state index contributed by atoms with van der Waals surface area (Å²) in [5.74, 6) is 0. The lowest BCUT2D eigenvalue weighted by Crippen LogP contribution is -1.90. The fourth-order valence-corrected chi connectivity index (χ4v) is 3.49. The van der Waals surface area contributed by atoms with Crippen LogP contribution in [-0.2, 0) is 18.2 Å². The lowest BCUT2D eigenvalue weighted by atomic mass is 10.2. The Bertz CT molecular complexity index is 464. The van der Waals surface area contributed by atoms with Crippen molar-refractivity contribution in [2.75, 3.05) is 0 Å². The van der Waals surface area contributed by atoms with Gasteiger partial charge >= 0.3 is 0 Å². The Morgan fingerprint density at radius 3 is 2.65 bits per heavy atom. The van der Waals surface area contributed by atoms with Crippen molar-refractivity contribution in [1.29, 1.82) is 0 Å². The minimum absolute atomic E-state index is 0.925. The fourth-order valence-electron chi connectivity index (χ4n) is 1.82. The maximum Gasteiger partial charge on any atom is 0.0975 e. The molecule has 0 N–H and O–H groups in total. The molecule has 17 heavy (non-hydrogen) atoms. The molecule has 0 aliphatic rings. The Hall–Kier alpha value is -0.670. The summed E-state index contributed by atoms with van der Waals surface area (Å²) in [5.41, 5.74) is 2.62. The van der Waals surface area contributed by atoms with E-state index in [-0.39, 0.29) is 0 Å². The highest BCUT2D eigenvalue weighted by Gasteiger charge is 2.09. The molecule has 0 unspecified atom stereocenters. The second-order valence-corrected chi connectivity index (χ2v) is 5.75. The first-order chi connectivity index (χ1) is 8.33. The molecule has 0 saturated carbocycles. The molecule has 0 bridgehead atoms. The number of aryl methyl sites for hydroxylation is 1. The van der Waals surface area contributed by atoms with E-state index in [0.717, 1.165) is 24.6 Å². The Morgan fingerprint density at radius 1 is 1.24 bits per heavy atom. The number of aromatic nitrogens is 1. The molecular weight excluding hydrogens is 294 g/mol. The third-order valence-electron chi connectivity index (χ3n) is 2.63. The molecule has 1 aromatic heterocycles. The predicted molar refractivity (Wildman–Crippen MR) is 78.0 cm³/mol. The maximum absolute atomic E-state index is 4.75. The summed E-state index contributed by atoms with van der Waals surface area (Å²) in [5, 5.41) is 2.16. The smallest absolute Gasteiger partial charge is 0.0975 e. The predicted octanol–water partition coefficient (Wildman–Crippen LogP) is 4.58. The van der Waals surface area contributed by atoms with Crippen LogP contribution in [0.5, 0.6) is 0 Å². The number of nitrogens with zero attached hydrogens (tertiary/aromatic N) is 1. The van der Waals surface area contributed by atoms with Gasteiger partial charge in [-0.15, -0.1) is 11.3 Å². The zero-order valence-corrected chi connectivity index (χ0v) is 12.4. The average molecular weight is 310 g/mol. The summed E-state index contributed by atoms with van der Waals surface area (Å²) in [7, 11) is 0. The number of rotatable bonds is 5. The van der Waals surface area contributed by atoms with Gasteiger partial charge in [0.05, 0.1) is 10.7 Å². The van der Waals surface area contributed by atoms with Crippen LogP contribution in [0.4, 0.5) is 0 Å². The van der Waals surface area contributed by atoms with Gasteiger partial charge in [0.15, 0.2) is 0 Å². The van der Waals surface area contributed by atoms with Crippen LogP contribution >= 0.6 is 27.3 Å². The molecular formula is C14H16BrNS. The van der Waals surface area contributed by atoms with Gasteiger partial charge in [0.25, 0.3) is 0 Å². The van der Waals surface area contributed by atoms with Gasteiger partial charge in [-0.2, -0.15) is 0 Å². The molecule has 90 valence electrons. The van der Waals surface area contributed by atoms with Gasteiger partial charge in [-0.25, -0.2) is 4.98 Å². The highest BCUT2D eigenvalue weighted by atomic mass is 79.9. The van der Waals surface area contributed by atoms with Gasteiger partial charge < -0.3 is 0 Å². The third kappa shape index (κ3) is 3.39. The van der Waals surface area contributed by atoms with Crippen molar-refractivity contribution < 1.29 is 0 Å². The molecule has 3 heteroatoms. The summed E-state index contributed by atoms with van der Waals surface area (Å²) in [6.07, 6.45) is 3.20. The molecule has 0 amide bonds. The topological polar surface area (TPSA) is 12.9 Å². The van der Waals surface area contributed by atoms with Crippen LogP contribution < -0.4 is 0 Å². The largest absolute Gasteiger partial charge is 0.246 e.